The van der Waals surface area contributed by atoms with Crippen LogP contribution >= 0.6 is 0 Å². The van der Waals surface area contributed by atoms with Crippen LogP contribution in [0.3, 0.4) is 0 Å². The summed E-state index contributed by atoms with van der Waals surface area (Å²) in [5.74, 6) is 1.77. The third-order valence-corrected chi connectivity index (χ3v) is 3.36. The average Bonchev–Trinajstić information content (AvgIpc) is 2.82. The summed E-state index contributed by atoms with van der Waals surface area (Å²) >= 11 is 0. The smallest absolute Gasteiger partial charge is 0.223 e. The summed E-state index contributed by atoms with van der Waals surface area (Å²) in [4.78, 5) is 11.5. The molecule has 1 saturated carbocycles. The van der Waals surface area contributed by atoms with Gasteiger partial charge < -0.3 is 5.32 Å². The number of amides is 1. The lowest BCUT2D eigenvalue weighted by atomic mass is 9.74. The Morgan fingerprint density at radius 1 is 1.33 bits per heavy atom. The zero-order valence-electron chi connectivity index (χ0n) is 10.8. The molecule has 0 heterocycles. The van der Waals surface area contributed by atoms with E-state index in [2.05, 4.69) is 39.9 Å². The van der Waals surface area contributed by atoms with Gasteiger partial charge in [0.1, 0.15) is 0 Å². The highest BCUT2D eigenvalue weighted by Crippen LogP contribution is 2.32. The van der Waals surface area contributed by atoms with E-state index in [0.29, 0.717) is 17.8 Å². The van der Waals surface area contributed by atoms with Gasteiger partial charge in [-0.1, -0.05) is 34.6 Å². The molecule has 1 N–H and O–H groups in total. The molecule has 0 aromatic rings. The second-order valence-corrected chi connectivity index (χ2v) is 6.24. The van der Waals surface area contributed by atoms with Crippen LogP contribution in [-0.2, 0) is 4.79 Å². The molecular formula is C13H25NO. The molecule has 0 aromatic carbocycles. The Labute approximate surface area is 93.8 Å². The maximum atomic E-state index is 11.5. The fraction of sp³-hybridized carbons (Fsp3) is 0.923. The molecule has 0 spiro atoms. The molecule has 1 unspecified atom stereocenters. The first kappa shape index (κ1) is 12.5. The molecule has 1 aliphatic carbocycles. The van der Waals surface area contributed by atoms with Crippen LogP contribution in [0.1, 0.15) is 47.5 Å². The van der Waals surface area contributed by atoms with E-state index < -0.39 is 0 Å². The fourth-order valence-corrected chi connectivity index (χ4v) is 2.24. The van der Waals surface area contributed by atoms with Gasteiger partial charge in [0.25, 0.3) is 0 Å². The molecule has 0 aliphatic heterocycles. The molecular weight excluding hydrogens is 186 g/mol. The monoisotopic (exact) mass is 211 g/mol. The minimum Gasteiger partial charge on any atom is -0.356 e. The topological polar surface area (TPSA) is 29.1 Å². The van der Waals surface area contributed by atoms with Crippen LogP contribution in [-0.4, -0.2) is 12.5 Å². The van der Waals surface area contributed by atoms with Gasteiger partial charge in [0.15, 0.2) is 0 Å². The van der Waals surface area contributed by atoms with Crippen molar-refractivity contribution in [2.45, 2.75) is 47.5 Å². The van der Waals surface area contributed by atoms with Gasteiger partial charge in [-0.2, -0.15) is 0 Å². The first-order valence-corrected chi connectivity index (χ1v) is 6.10. The van der Waals surface area contributed by atoms with Crippen molar-refractivity contribution >= 4 is 5.91 Å². The number of hydrogen-bond acceptors (Lipinski definition) is 1. The number of nitrogens with one attached hydrogen (secondary N) is 1. The Morgan fingerprint density at radius 2 is 1.87 bits per heavy atom. The molecule has 0 aromatic heterocycles. The van der Waals surface area contributed by atoms with Crippen LogP contribution in [0, 0.1) is 23.2 Å². The predicted octanol–water partition coefficient (Wildman–Crippen LogP) is 2.83. The van der Waals surface area contributed by atoms with Crippen LogP contribution < -0.4 is 5.32 Å². The molecule has 1 fully saturated rings. The van der Waals surface area contributed by atoms with Crippen molar-refractivity contribution < 1.29 is 4.79 Å². The van der Waals surface area contributed by atoms with Gasteiger partial charge >= 0.3 is 0 Å². The number of carbonyl (C=O) groups is 1. The first-order chi connectivity index (χ1) is 6.82. The summed E-state index contributed by atoms with van der Waals surface area (Å²) in [6, 6.07) is 0. The molecule has 0 bridgehead atoms. The summed E-state index contributed by atoms with van der Waals surface area (Å²) in [6.45, 7) is 12.1. The van der Waals surface area contributed by atoms with Crippen molar-refractivity contribution in [1.29, 1.82) is 0 Å². The normalized spacial score (nSPS) is 19.1. The second-order valence-electron chi connectivity index (χ2n) is 6.24. The number of carbonyl (C=O) groups excluding carboxylic acids is 1. The standard InChI is InChI=1S/C13H25NO/c1-9(2)11(13(3,4)5)8-14-12(15)10-6-7-10/h9-11H,6-8H2,1-5H3,(H,14,15). The minimum atomic E-state index is 0.268. The van der Waals surface area contributed by atoms with Crippen LogP contribution in [0.5, 0.6) is 0 Å². The maximum Gasteiger partial charge on any atom is 0.223 e. The molecule has 0 saturated heterocycles. The lowest BCUT2D eigenvalue weighted by Crippen LogP contribution is -2.38. The molecule has 88 valence electrons. The van der Waals surface area contributed by atoms with E-state index in [1.54, 1.807) is 0 Å². The molecule has 1 amide bonds. The van der Waals surface area contributed by atoms with Gasteiger partial charge in [0.05, 0.1) is 0 Å². The summed E-state index contributed by atoms with van der Waals surface area (Å²) in [5.41, 5.74) is 0.269. The fourth-order valence-electron chi connectivity index (χ4n) is 2.24. The van der Waals surface area contributed by atoms with Crippen LogP contribution in [0.25, 0.3) is 0 Å². The highest BCUT2D eigenvalue weighted by Gasteiger charge is 2.32. The second kappa shape index (κ2) is 4.54. The number of rotatable bonds is 4. The zero-order valence-corrected chi connectivity index (χ0v) is 10.8. The van der Waals surface area contributed by atoms with E-state index >= 15 is 0 Å². The van der Waals surface area contributed by atoms with E-state index in [-0.39, 0.29) is 11.3 Å². The summed E-state index contributed by atoms with van der Waals surface area (Å²) in [7, 11) is 0. The first-order valence-electron chi connectivity index (χ1n) is 6.10. The Hall–Kier alpha value is -0.530. The summed E-state index contributed by atoms with van der Waals surface area (Å²) in [5, 5.41) is 3.09. The van der Waals surface area contributed by atoms with Gasteiger partial charge in [0, 0.05) is 12.5 Å². The lowest BCUT2D eigenvalue weighted by Gasteiger charge is -2.34. The van der Waals surface area contributed by atoms with Crippen molar-refractivity contribution in [3.05, 3.63) is 0 Å². The van der Waals surface area contributed by atoms with Gasteiger partial charge in [-0.3, -0.25) is 4.79 Å². The van der Waals surface area contributed by atoms with Crippen molar-refractivity contribution in [3.63, 3.8) is 0 Å². The quantitative estimate of drug-likeness (QED) is 0.761. The van der Waals surface area contributed by atoms with Crippen molar-refractivity contribution in [2.75, 3.05) is 6.54 Å². The maximum absolute atomic E-state index is 11.5. The molecule has 2 heteroatoms. The Morgan fingerprint density at radius 3 is 2.20 bits per heavy atom. The van der Waals surface area contributed by atoms with Gasteiger partial charge in [-0.25, -0.2) is 0 Å². The van der Waals surface area contributed by atoms with E-state index in [9.17, 15) is 4.79 Å². The molecule has 0 radical (unpaired) electrons. The van der Waals surface area contributed by atoms with Gasteiger partial charge in [0.2, 0.25) is 5.91 Å². The summed E-state index contributed by atoms with van der Waals surface area (Å²) in [6.07, 6.45) is 2.18. The Kier molecular flexibility index (Phi) is 3.80. The van der Waals surface area contributed by atoms with E-state index in [1.807, 2.05) is 0 Å². The van der Waals surface area contributed by atoms with Gasteiger partial charge in [-0.05, 0) is 30.1 Å². The van der Waals surface area contributed by atoms with E-state index in [0.717, 1.165) is 19.4 Å². The number of hydrogen-bond donors (Lipinski definition) is 1. The van der Waals surface area contributed by atoms with E-state index in [4.69, 9.17) is 0 Å². The van der Waals surface area contributed by atoms with E-state index in [1.165, 1.54) is 0 Å². The van der Waals surface area contributed by atoms with Gasteiger partial charge in [-0.15, -0.1) is 0 Å². The summed E-state index contributed by atoms with van der Waals surface area (Å²) < 4.78 is 0. The molecule has 1 atom stereocenters. The zero-order chi connectivity index (χ0) is 11.6. The third kappa shape index (κ3) is 3.84. The molecule has 1 rings (SSSR count). The van der Waals surface area contributed by atoms with Crippen LogP contribution in [0.15, 0.2) is 0 Å². The average molecular weight is 211 g/mol. The Bertz CT molecular complexity index is 223. The molecule has 2 nitrogen and oxygen atoms in total. The van der Waals surface area contributed by atoms with Crippen molar-refractivity contribution in [2.24, 2.45) is 23.2 Å². The minimum absolute atomic E-state index is 0.268. The molecule has 1 aliphatic rings. The largest absolute Gasteiger partial charge is 0.356 e. The predicted molar refractivity (Wildman–Crippen MR) is 63.5 cm³/mol. The van der Waals surface area contributed by atoms with Crippen LogP contribution in [0.4, 0.5) is 0 Å². The van der Waals surface area contributed by atoms with Crippen LogP contribution in [0.2, 0.25) is 0 Å². The third-order valence-electron chi connectivity index (χ3n) is 3.36. The molecule has 15 heavy (non-hydrogen) atoms. The SMILES string of the molecule is CC(C)C(CNC(=O)C1CC1)C(C)(C)C. The van der Waals surface area contributed by atoms with Crippen molar-refractivity contribution in [1.82, 2.24) is 5.32 Å². The highest BCUT2D eigenvalue weighted by atomic mass is 16.2. The Balaban J connectivity index is 2.41. The highest BCUT2D eigenvalue weighted by molar-refractivity contribution is 5.80. The lowest BCUT2D eigenvalue weighted by molar-refractivity contribution is -0.122. The van der Waals surface area contributed by atoms with Crippen molar-refractivity contribution in [3.8, 4) is 0 Å².